The number of rotatable bonds is 10. The molecule has 0 aliphatic heterocycles. The highest BCUT2D eigenvalue weighted by Gasteiger charge is 2.34. The van der Waals surface area contributed by atoms with Crippen molar-refractivity contribution in [1.29, 1.82) is 0 Å². The molecule has 1 unspecified atom stereocenters. The number of carbonyl (C=O) groups is 1. The summed E-state index contributed by atoms with van der Waals surface area (Å²) in [6, 6.07) is 2.31. The van der Waals surface area contributed by atoms with Crippen molar-refractivity contribution in [3.63, 3.8) is 0 Å². The van der Waals surface area contributed by atoms with E-state index in [4.69, 9.17) is 0 Å². The molecule has 0 bridgehead atoms. The summed E-state index contributed by atoms with van der Waals surface area (Å²) in [4.78, 5) is 32.8. The van der Waals surface area contributed by atoms with E-state index in [0.717, 1.165) is 31.7 Å². The average molecular weight is 364 g/mol. The van der Waals surface area contributed by atoms with E-state index in [0.29, 0.717) is 6.42 Å². The average Bonchev–Trinajstić information content (AvgIpc) is 2.57. The molecule has 8 heteroatoms. The number of carboxylic acids is 1. The zero-order valence-corrected chi connectivity index (χ0v) is 15.2. The Bertz CT molecular complexity index is 727. The zero-order chi connectivity index (χ0) is 19.9. The Hall–Kier alpha value is -2.77. The van der Waals surface area contributed by atoms with E-state index in [1.54, 1.807) is 6.92 Å². The Morgan fingerprint density at radius 1 is 1.19 bits per heavy atom. The van der Waals surface area contributed by atoms with Crippen molar-refractivity contribution in [3.05, 3.63) is 49.6 Å². The van der Waals surface area contributed by atoms with Crippen molar-refractivity contribution >= 4 is 22.9 Å². The molecule has 0 saturated heterocycles. The fourth-order valence-electron chi connectivity index (χ4n) is 3.09. The van der Waals surface area contributed by atoms with Crippen LogP contribution in [0.25, 0.3) is 5.57 Å². The molecule has 0 aliphatic carbocycles. The third kappa shape index (κ3) is 4.87. The summed E-state index contributed by atoms with van der Waals surface area (Å²) in [5.74, 6) is -1.61. The Morgan fingerprint density at radius 2 is 1.85 bits per heavy atom. The van der Waals surface area contributed by atoms with Gasteiger partial charge in [0.05, 0.1) is 15.4 Å². The van der Waals surface area contributed by atoms with Gasteiger partial charge in [-0.3, -0.25) is 20.2 Å². The molecule has 1 rings (SSSR count). The fourth-order valence-corrected chi connectivity index (χ4v) is 3.09. The SMILES string of the molecule is CC=C(C(=O)O)c1ccc([N+](=O)[O-])c([N+](=O)[O-])c1C(C)CCCCCC. The summed E-state index contributed by atoms with van der Waals surface area (Å²) in [6.45, 7) is 5.33. The van der Waals surface area contributed by atoms with E-state index in [1.165, 1.54) is 19.1 Å². The molecule has 0 aromatic heterocycles. The van der Waals surface area contributed by atoms with Crippen LogP contribution in [-0.4, -0.2) is 20.9 Å². The Labute approximate surface area is 151 Å². The highest BCUT2D eigenvalue weighted by molar-refractivity contribution is 6.16. The van der Waals surface area contributed by atoms with Gasteiger partial charge >= 0.3 is 17.3 Å². The van der Waals surface area contributed by atoms with Crippen molar-refractivity contribution in [1.82, 2.24) is 0 Å². The van der Waals surface area contributed by atoms with E-state index in [2.05, 4.69) is 6.92 Å². The van der Waals surface area contributed by atoms with E-state index in [9.17, 15) is 30.1 Å². The maximum atomic E-state index is 11.6. The van der Waals surface area contributed by atoms with Gasteiger partial charge in [0.1, 0.15) is 0 Å². The quantitative estimate of drug-likeness (QED) is 0.268. The summed E-state index contributed by atoms with van der Waals surface area (Å²) in [5, 5.41) is 32.3. The van der Waals surface area contributed by atoms with Gasteiger partial charge in [0.15, 0.2) is 0 Å². The molecule has 0 radical (unpaired) electrons. The normalized spacial score (nSPS) is 12.7. The van der Waals surface area contributed by atoms with Crippen LogP contribution in [0.3, 0.4) is 0 Å². The van der Waals surface area contributed by atoms with Crippen molar-refractivity contribution < 1.29 is 19.7 Å². The number of nitro groups is 2. The molecule has 1 aromatic rings. The molecule has 1 aromatic carbocycles. The molecule has 0 amide bonds. The maximum Gasteiger partial charge on any atom is 0.350 e. The van der Waals surface area contributed by atoms with Gasteiger partial charge in [-0.05, 0) is 30.9 Å². The van der Waals surface area contributed by atoms with Gasteiger partial charge in [-0.2, -0.15) is 0 Å². The molecular weight excluding hydrogens is 340 g/mol. The van der Waals surface area contributed by atoms with Crippen LogP contribution in [0, 0.1) is 20.2 Å². The maximum absolute atomic E-state index is 11.6. The van der Waals surface area contributed by atoms with Gasteiger partial charge in [-0.1, -0.05) is 45.6 Å². The van der Waals surface area contributed by atoms with Gasteiger partial charge in [0.25, 0.3) is 0 Å². The van der Waals surface area contributed by atoms with Crippen LogP contribution in [0.1, 0.15) is 69.9 Å². The molecule has 1 N–H and O–H groups in total. The van der Waals surface area contributed by atoms with Crippen LogP contribution in [0.15, 0.2) is 18.2 Å². The molecule has 142 valence electrons. The summed E-state index contributed by atoms with van der Waals surface area (Å²) >= 11 is 0. The first-order valence-corrected chi connectivity index (χ1v) is 8.61. The smallest absolute Gasteiger partial charge is 0.350 e. The molecule has 0 spiro atoms. The number of nitro benzene ring substituents is 2. The largest absolute Gasteiger partial charge is 0.478 e. The predicted molar refractivity (Wildman–Crippen MR) is 98.2 cm³/mol. The number of hydrogen-bond acceptors (Lipinski definition) is 5. The van der Waals surface area contributed by atoms with E-state index in [1.807, 2.05) is 0 Å². The molecule has 26 heavy (non-hydrogen) atoms. The molecule has 0 saturated carbocycles. The van der Waals surface area contributed by atoms with Crippen LogP contribution < -0.4 is 0 Å². The number of allylic oxidation sites excluding steroid dienone is 1. The van der Waals surface area contributed by atoms with Crippen LogP contribution in [-0.2, 0) is 4.79 Å². The van der Waals surface area contributed by atoms with Gasteiger partial charge in [-0.25, -0.2) is 4.79 Å². The Balaban J connectivity index is 3.56. The fraction of sp³-hybridized carbons (Fsp3) is 0.500. The van der Waals surface area contributed by atoms with Gasteiger partial charge in [-0.15, -0.1) is 0 Å². The molecule has 0 aliphatic rings. The minimum absolute atomic E-state index is 0.0987. The van der Waals surface area contributed by atoms with E-state index in [-0.39, 0.29) is 22.6 Å². The second-order valence-electron chi connectivity index (χ2n) is 6.17. The topological polar surface area (TPSA) is 124 Å². The minimum atomic E-state index is -1.23. The van der Waals surface area contributed by atoms with Gasteiger partial charge in [0, 0.05) is 11.6 Å². The first kappa shape index (κ1) is 21.3. The molecule has 1 atom stereocenters. The number of unbranched alkanes of at least 4 members (excludes halogenated alkanes) is 3. The standard InChI is InChI=1S/C18H24N2O6/c1-4-6-7-8-9-12(3)16-14(13(5-2)18(21)22)10-11-15(19(23)24)17(16)20(25)26/h5,10-12H,4,6-9H2,1-3H3,(H,21,22). The van der Waals surface area contributed by atoms with E-state index >= 15 is 0 Å². The second kappa shape index (κ2) is 9.65. The van der Waals surface area contributed by atoms with Crippen LogP contribution in [0.4, 0.5) is 11.4 Å². The highest BCUT2D eigenvalue weighted by atomic mass is 16.6. The summed E-state index contributed by atoms with van der Waals surface area (Å²) in [7, 11) is 0. The predicted octanol–water partition coefficient (Wildman–Crippen LogP) is 5.06. The lowest BCUT2D eigenvalue weighted by atomic mass is 9.86. The van der Waals surface area contributed by atoms with Crippen LogP contribution in [0.2, 0.25) is 0 Å². The highest BCUT2D eigenvalue weighted by Crippen LogP contribution is 2.41. The first-order chi connectivity index (χ1) is 12.3. The monoisotopic (exact) mass is 364 g/mol. The van der Waals surface area contributed by atoms with Crippen molar-refractivity contribution in [2.24, 2.45) is 0 Å². The third-order valence-electron chi connectivity index (χ3n) is 4.37. The summed E-state index contributed by atoms with van der Waals surface area (Å²) in [5.41, 5.74) is -1.04. The second-order valence-corrected chi connectivity index (χ2v) is 6.17. The van der Waals surface area contributed by atoms with Gasteiger partial charge < -0.3 is 5.11 Å². The van der Waals surface area contributed by atoms with Crippen molar-refractivity contribution in [2.45, 2.75) is 58.8 Å². The summed E-state index contributed by atoms with van der Waals surface area (Å²) < 4.78 is 0. The number of benzene rings is 1. The number of aliphatic carboxylic acids is 1. The van der Waals surface area contributed by atoms with Crippen LogP contribution in [0.5, 0.6) is 0 Å². The van der Waals surface area contributed by atoms with E-state index < -0.39 is 27.2 Å². The first-order valence-electron chi connectivity index (χ1n) is 8.61. The lowest BCUT2D eigenvalue weighted by Crippen LogP contribution is -2.10. The summed E-state index contributed by atoms with van der Waals surface area (Å²) in [6.07, 6.45) is 5.77. The number of nitrogens with zero attached hydrogens (tertiary/aromatic N) is 2. The zero-order valence-electron chi connectivity index (χ0n) is 15.2. The third-order valence-corrected chi connectivity index (χ3v) is 4.37. The van der Waals surface area contributed by atoms with Crippen LogP contribution >= 0.6 is 0 Å². The van der Waals surface area contributed by atoms with Crippen molar-refractivity contribution in [2.75, 3.05) is 0 Å². The Morgan fingerprint density at radius 3 is 2.31 bits per heavy atom. The molecule has 0 heterocycles. The lowest BCUT2D eigenvalue weighted by molar-refractivity contribution is -0.423. The Kier molecular flexibility index (Phi) is 7.89. The number of carboxylic acid groups (broad SMARTS) is 1. The van der Waals surface area contributed by atoms with Crippen molar-refractivity contribution in [3.8, 4) is 0 Å². The molecule has 0 fully saturated rings. The molecule has 8 nitrogen and oxygen atoms in total. The van der Waals surface area contributed by atoms with Gasteiger partial charge in [0.2, 0.25) is 0 Å². The minimum Gasteiger partial charge on any atom is -0.478 e. The lowest BCUT2D eigenvalue weighted by Gasteiger charge is -2.17. The number of hydrogen-bond donors (Lipinski definition) is 1. The molecular formula is C18H24N2O6.